The van der Waals surface area contributed by atoms with E-state index >= 15 is 0 Å². The Morgan fingerprint density at radius 3 is 2.80 bits per heavy atom. The molecule has 0 saturated heterocycles. The molecule has 0 unspecified atom stereocenters. The molecule has 0 saturated carbocycles. The molecule has 1 aromatic heterocycles. The maximum absolute atomic E-state index is 12.6. The van der Waals surface area contributed by atoms with Gasteiger partial charge in [-0.3, -0.25) is 4.98 Å². The highest BCUT2D eigenvalue weighted by atomic mass is 35.5. The summed E-state index contributed by atoms with van der Waals surface area (Å²) in [5.41, 5.74) is 1.34. The zero-order valence-electron chi connectivity index (χ0n) is 5.56. The Kier molecular flexibility index (Phi) is 2.22. The molecule has 0 aliphatic rings. The first-order valence-electron chi connectivity index (χ1n) is 2.90. The van der Waals surface area contributed by atoms with Crippen LogP contribution in [0.5, 0.6) is 0 Å². The van der Waals surface area contributed by atoms with E-state index in [1.54, 1.807) is 13.1 Å². The fraction of sp³-hybridized carbons (Fsp3) is 0.286. The highest BCUT2D eigenvalue weighted by molar-refractivity contribution is 6.17. The molecular weight excluding hydrogens is 153 g/mol. The van der Waals surface area contributed by atoms with Gasteiger partial charge >= 0.3 is 0 Å². The summed E-state index contributed by atoms with van der Waals surface area (Å²) in [7, 11) is 0. The van der Waals surface area contributed by atoms with Crippen molar-refractivity contribution in [3.63, 3.8) is 0 Å². The largest absolute Gasteiger partial charge is 0.261 e. The van der Waals surface area contributed by atoms with E-state index in [0.29, 0.717) is 11.4 Å². The fourth-order valence-electron chi connectivity index (χ4n) is 0.674. The molecule has 10 heavy (non-hydrogen) atoms. The molecule has 0 bridgehead atoms. The van der Waals surface area contributed by atoms with E-state index in [4.69, 9.17) is 11.6 Å². The van der Waals surface area contributed by atoms with Crippen molar-refractivity contribution in [1.29, 1.82) is 0 Å². The Morgan fingerprint density at radius 2 is 2.30 bits per heavy atom. The second kappa shape index (κ2) is 2.97. The quantitative estimate of drug-likeness (QED) is 0.573. The molecule has 3 heteroatoms. The van der Waals surface area contributed by atoms with Gasteiger partial charge in [0.15, 0.2) is 0 Å². The summed E-state index contributed by atoms with van der Waals surface area (Å²) >= 11 is 5.50. The molecular formula is C7H7ClFN. The lowest BCUT2D eigenvalue weighted by Gasteiger charge is -1.99. The van der Waals surface area contributed by atoms with Crippen LogP contribution in [-0.4, -0.2) is 4.98 Å². The van der Waals surface area contributed by atoms with Gasteiger partial charge in [-0.05, 0) is 18.1 Å². The predicted octanol–water partition coefficient (Wildman–Crippen LogP) is 2.27. The zero-order valence-corrected chi connectivity index (χ0v) is 6.32. The summed E-state index contributed by atoms with van der Waals surface area (Å²) < 4.78 is 12.6. The normalized spacial score (nSPS) is 9.90. The molecule has 0 spiro atoms. The van der Waals surface area contributed by atoms with Gasteiger partial charge in [-0.25, -0.2) is 4.39 Å². The van der Waals surface area contributed by atoms with Crippen LogP contribution < -0.4 is 0 Å². The predicted molar refractivity (Wildman–Crippen MR) is 38.5 cm³/mol. The molecule has 0 aliphatic carbocycles. The van der Waals surface area contributed by atoms with Crippen LogP contribution >= 0.6 is 11.6 Å². The minimum Gasteiger partial charge on any atom is -0.261 e. The van der Waals surface area contributed by atoms with Gasteiger partial charge in [-0.15, -0.1) is 11.6 Å². The molecule has 0 amide bonds. The van der Waals surface area contributed by atoms with Crippen molar-refractivity contribution >= 4 is 11.6 Å². The van der Waals surface area contributed by atoms with Crippen molar-refractivity contribution in [3.05, 3.63) is 29.3 Å². The van der Waals surface area contributed by atoms with Gasteiger partial charge < -0.3 is 0 Å². The maximum Gasteiger partial charge on any atom is 0.144 e. The van der Waals surface area contributed by atoms with Gasteiger partial charge in [0.1, 0.15) is 5.82 Å². The zero-order chi connectivity index (χ0) is 7.56. The van der Waals surface area contributed by atoms with Gasteiger partial charge in [-0.2, -0.15) is 0 Å². The van der Waals surface area contributed by atoms with Crippen molar-refractivity contribution in [3.8, 4) is 0 Å². The number of hydrogen-bond donors (Lipinski definition) is 0. The maximum atomic E-state index is 12.6. The lowest BCUT2D eigenvalue weighted by atomic mass is 10.2. The molecule has 0 aliphatic heterocycles. The Bertz CT molecular complexity index is 237. The van der Waals surface area contributed by atoms with Gasteiger partial charge in [0, 0.05) is 12.1 Å². The van der Waals surface area contributed by atoms with Gasteiger partial charge in [0.2, 0.25) is 0 Å². The molecule has 54 valence electrons. The summed E-state index contributed by atoms with van der Waals surface area (Å²) in [6, 6.07) is 0. The van der Waals surface area contributed by atoms with Crippen LogP contribution in [0.1, 0.15) is 11.1 Å². The van der Waals surface area contributed by atoms with E-state index in [1.807, 2.05) is 0 Å². The third-order valence-electron chi connectivity index (χ3n) is 1.40. The van der Waals surface area contributed by atoms with Crippen molar-refractivity contribution in [2.75, 3.05) is 0 Å². The second-order valence-electron chi connectivity index (χ2n) is 2.04. The molecule has 1 nitrogen and oxygen atoms in total. The highest BCUT2D eigenvalue weighted by Gasteiger charge is 2.01. The van der Waals surface area contributed by atoms with Crippen molar-refractivity contribution < 1.29 is 4.39 Å². The number of rotatable bonds is 1. The van der Waals surface area contributed by atoms with E-state index in [9.17, 15) is 4.39 Å². The Labute approximate surface area is 63.8 Å². The van der Waals surface area contributed by atoms with Crippen LogP contribution in [0.15, 0.2) is 12.4 Å². The van der Waals surface area contributed by atoms with E-state index < -0.39 is 0 Å². The Morgan fingerprint density at radius 1 is 1.60 bits per heavy atom. The standard InChI is InChI=1S/C7H7ClFN/c1-5-6(2-8)3-10-4-7(5)9/h3-4H,2H2,1H3. The molecule has 0 fully saturated rings. The van der Waals surface area contributed by atoms with Crippen LogP contribution in [0.25, 0.3) is 0 Å². The minimum absolute atomic E-state index is 0.293. The van der Waals surface area contributed by atoms with E-state index in [-0.39, 0.29) is 5.82 Å². The smallest absolute Gasteiger partial charge is 0.144 e. The van der Waals surface area contributed by atoms with Gasteiger partial charge in [0.05, 0.1) is 6.20 Å². The molecule has 0 radical (unpaired) electrons. The number of halogens is 2. The second-order valence-corrected chi connectivity index (χ2v) is 2.31. The summed E-state index contributed by atoms with van der Waals surface area (Å²) in [6.45, 7) is 1.69. The number of alkyl halides is 1. The van der Waals surface area contributed by atoms with Crippen LogP contribution in [0.4, 0.5) is 4.39 Å². The summed E-state index contributed by atoms with van der Waals surface area (Å²) in [4.78, 5) is 3.66. The number of pyridine rings is 1. The van der Waals surface area contributed by atoms with Gasteiger partial charge in [-0.1, -0.05) is 0 Å². The van der Waals surface area contributed by atoms with Crippen LogP contribution in [0, 0.1) is 12.7 Å². The first-order valence-corrected chi connectivity index (χ1v) is 3.44. The Balaban J connectivity index is 3.14. The molecule has 0 aromatic carbocycles. The fourth-order valence-corrected chi connectivity index (χ4v) is 0.944. The summed E-state index contributed by atoms with van der Waals surface area (Å²) in [5.74, 6) is 0.0227. The SMILES string of the molecule is Cc1c(F)cncc1CCl. The third-order valence-corrected chi connectivity index (χ3v) is 1.69. The van der Waals surface area contributed by atoms with Crippen molar-refractivity contribution in [2.45, 2.75) is 12.8 Å². The molecule has 1 rings (SSSR count). The van der Waals surface area contributed by atoms with Crippen LogP contribution in [0.2, 0.25) is 0 Å². The van der Waals surface area contributed by atoms with E-state index in [1.165, 1.54) is 6.20 Å². The molecule has 0 N–H and O–H groups in total. The number of aromatic nitrogens is 1. The monoisotopic (exact) mass is 159 g/mol. The average molecular weight is 160 g/mol. The van der Waals surface area contributed by atoms with Gasteiger partial charge in [0.25, 0.3) is 0 Å². The first-order chi connectivity index (χ1) is 4.75. The molecule has 1 aromatic rings. The average Bonchev–Trinajstić information content (AvgIpc) is 1.95. The van der Waals surface area contributed by atoms with E-state index in [0.717, 1.165) is 5.56 Å². The number of nitrogens with zero attached hydrogens (tertiary/aromatic N) is 1. The molecule has 0 atom stereocenters. The summed E-state index contributed by atoms with van der Waals surface area (Å²) in [6.07, 6.45) is 2.76. The lowest BCUT2D eigenvalue weighted by molar-refractivity contribution is 0.609. The van der Waals surface area contributed by atoms with E-state index in [2.05, 4.69) is 4.98 Å². The van der Waals surface area contributed by atoms with Crippen LogP contribution in [-0.2, 0) is 5.88 Å². The highest BCUT2D eigenvalue weighted by Crippen LogP contribution is 2.11. The molecule has 1 heterocycles. The van der Waals surface area contributed by atoms with Crippen molar-refractivity contribution in [1.82, 2.24) is 4.98 Å². The number of hydrogen-bond acceptors (Lipinski definition) is 1. The first kappa shape index (κ1) is 7.48. The topological polar surface area (TPSA) is 12.9 Å². The summed E-state index contributed by atoms with van der Waals surface area (Å²) in [5, 5.41) is 0. The Hall–Kier alpha value is -0.630. The minimum atomic E-state index is -0.293. The lowest BCUT2D eigenvalue weighted by Crippen LogP contribution is -1.90. The van der Waals surface area contributed by atoms with Crippen molar-refractivity contribution in [2.24, 2.45) is 0 Å². The van der Waals surface area contributed by atoms with Crippen LogP contribution in [0.3, 0.4) is 0 Å². The third kappa shape index (κ3) is 1.27.